The highest BCUT2D eigenvalue weighted by atomic mass is 32.2. The second-order valence-corrected chi connectivity index (χ2v) is 7.79. The molecule has 0 aliphatic heterocycles. The molecule has 7 nitrogen and oxygen atoms in total. The molecule has 0 aromatic heterocycles. The van der Waals surface area contributed by atoms with Crippen molar-refractivity contribution in [3.8, 4) is 0 Å². The van der Waals surface area contributed by atoms with Crippen LogP contribution in [0, 0.1) is 0 Å². The predicted octanol–water partition coefficient (Wildman–Crippen LogP) is 1.43. The lowest BCUT2D eigenvalue weighted by molar-refractivity contribution is -0.140. The Bertz CT molecular complexity index is 544. The predicted molar refractivity (Wildman–Crippen MR) is 110 cm³/mol. The third-order valence-electron chi connectivity index (χ3n) is 3.52. The van der Waals surface area contributed by atoms with Crippen LogP contribution in [0.5, 0.6) is 0 Å². The molecule has 1 unspecified atom stereocenters. The highest BCUT2D eigenvalue weighted by Gasteiger charge is 2.19. The topological polar surface area (TPSA) is 96.9 Å². The molecule has 0 saturated heterocycles. The van der Waals surface area contributed by atoms with Gasteiger partial charge >= 0.3 is 5.97 Å². The summed E-state index contributed by atoms with van der Waals surface area (Å²) < 4.78 is 10.2. The van der Waals surface area contributed by atoms with Crippen LogP contribution in [0.1, 0.15) is 5.56 Å². The van der Waals surface area contributed by atoms with Crippen molar-refractivity contribution in [1.29, 1.82) is 0 Å². The van der Waals surface area contributed by atoms with Crippen LogP contribution in [0.2, 0.25) is 0 Å². The Labute approximate surface area is 169 Å². The molecule has 1 rings (SSSR count). The maximum atomic E-state index is 11.9. The summed E-state index contributed by atoms with van der Waals surface area (Å²) in [6, 6.07) is 8.91. The summed E-state index contributed by atoms with van der Waals surface area (Å²) in [6.45, 7) is 0.727. The second-order valence-electron chi connectivity index (χ2n) is 5.61. The quantitative estimate of drug-likeness (QED) is 0.292. The van der Waals surface area contributed by atoms with E-state index in [4.69, 9.17) is 9.47 Å². The summed E-state index contributed by atoms with van der Waals surface area (Å²) in [6.07, 6.45) is -0.233. The molecule has 152 valence electrons. The van der Waals surface area contributed by atoms with E-state index in [1.165, 1.54) is 11.8 Å². The van der Waals surface area contributed by atoms with E-state index in [0.29, 0.717) is 23.8 Å². The molecule has 3 N–H and O–H groups in total. The van der Waals surface area contributed by atoms with Gasteiger partial charge in [-0.1, -0.05) is 30.3 Å². The zero-order chi connectivity index (χ0) is 19.9. The Morgan fingerprint density at radius 2 is 1.81 bits per heavy atom. The van der Waals surface area contributed by atoms with Gasteiger partial charge in [0.15, 0.2) is 6.29 Å². The third kappa shape index (κ3) is 11.2. The molecule has 0 saturated carbocycles. The summed E-state index contributed by atoms with van der Waals surface area (Å²) in [5.74, 6) is 1.19. The van der Waals surface area contributed by atoms with Crippen molar-refractivity contribution in [2.24, 2.45) is 0 Å². The van der Waals surface area contributed by atoms with E-state index >= 15 is 0 Å². The van der Waals surface area contributed by atoms with Crippen LogP contribution >= 0.6 is 23.5 Å². The zero-order valence-corrected chi connectivity index (χ0v) is 17.3. The zero-order valence-electron chi connectivity index (χ0n) is 15.7. The number of hydrogen-bond acceptors (Lipinski definition) is 7. The Balaban J connectivity index is 2.18. The standard InChI is InChI=1S/C18H28N2O5S2/c1-24-17(25-2)13-26-9-8-19-10-16(21)20-15(18(22)23)12-27-11-14-6-4-3-5-7-14/h3-7,15,17,19H,8-13H2,1-2H3,(H,20,21)(H,22,23). The van der Waals surface area contributed by atoms with Crippen LogP contribution in [0.25, 0.3) is 0 Å². The third-order valence-corrected chi connectivity index (χ3v) is 5.62. The molecule has 0 aliphatic rings. The first-order valence-corrected chi connectivity index (χ1v) is 10.9. The number of nitrogens with one attached hydrogen (secondary N) is 2. The highest BCUT2D eigenvalue weighted by Crippen LogP contribution is 2.13. The first-order chi connectivity index (χ1) is 13.1. The van der Waals surface area contributed by atoms with Crippen LogP contribution < -0.4 is 10.6 Å². The SMILES string of the molecule is COC(CSCCNCC(=O)NC(CSCc1ccccc1)C(=O)O)OC. The molecular formula is C18H28N2O5S2. The number of carboxylic acids is 1. The van der Waals surface area contributed by atoms with E-state index in [0.717, 1.165) is 11.3 Å². The first kappa shape index (κ1) is 23.8. The van der Waals surface area contributed by atoms with Crippen molar-refractivity contribution in [3.05, 3.63) is 35.9 Å². The van der Waals surface area contributed by atoms with E-state index in [2.05, 4.69) is 10.6 Å². The number of rotatable bonds is 15. The van der Waals surface area contributed by atoms with Gasteiger partial charge in [-0.2, -0.15) is 23.5 Å². The van der Waals surface area contributed by atoms with Gasteiger partial charge in [0.25, 0.3) is 0 Å². The van der Waals surface area contributed by atoms with Crippen LogP contribution in [-0.4, -0.2) is 73.9 Å². The summed E-state index contributed by atoms with van der Waals surface area (Å²) in [4.78, 5) is 23.3. The lowest BCUT2D eigenvalue weighted by Gasteiger charge is -2.15. The fourth-order valence-electron chi connectivity index (χ4n) is 2.05. The summed E-state index contributed by atoms with van der Waals surface area (Å²) in [5, 5.41) is 14.9. The van der Waals surface area contributed by atoms with E-state index in [-0.39, 0.29) is 18.7 Å². The van der Waals surface area contributed by atoms with Crippen LogP contribution in [0.4, 0.5) is 0 Å². The number of amides is 1. The number of carboxylic acid groups (broad SMARTS) is 1. The van der Waals surface area contributed by atoms with Crippen molar-refractivity contribution < 1.29 is 24.2 Å². The highest BCUT2D eigenvalue weighted by molar-refractivity contribution is 7.99. The number of ether oxygens (including phenoxy) is 2. The fourth-order valence-corrected chi connectivity index (χ4v) is 3.97. The summed E-state index contributed by atoms with van der Waals surface area (Å²) in [7, 11) is 3.18. The van der Waals surface area contributed by atoms with Gasteiger partial charge in [-0.25, -0.2) is 4.79 Å². The Kier molecular flexibility index (Phi) is 13.0. The lowest BCUT2D eigenvalue weighted by atomic mass is 10.2. The number of thioether (sulfide) groups is 2. The molecule has 1 aromatic carbocycles. The lowest BCUT2D eigenvalue weighted by Crippen LogP contribution is -2.46. The molecule has 1 aromatic rings. The van der Waals surface area contributed by atoms with Crippen molar-refractivity contribution in [2.75, 3.05) is 44.6 Å². The van der Waals surface area contributed by atoms with Crippen molar-refractivity contribution >= 4 is 35.4 Å². The molecule has 1 atom stereocenters. The van der Waals surface area contributed by atoms with Crippen molar-refractivity contribution in [2.45, 2.75) is 18.1 Å². The summed E-state index contributed by atoms with van der Waals surface area (Å²) in [5.41, 5.74) is 1.13. The van der Waals surface area contributed by atoms with Gasteiger partial charge in [0, 0.05) is 43.8 Å². The summed E-state index contributed by atoms with van der Waals surface area (Å²) >= 11 is 3.13. The number of benzene rings is 1. The van der Waals surface area contributed by atoms with Crippen LogP contribution in [-0.2, 0) is 24.8 Å². The number of carbonyl (C=O) groups is 2. The average Bonchev–Trinajstić information content (AvgIpc) is 2.67. The Hall–Kier alpha value is -1.26. The van der Waals surface area contributed by atoms with Gasteiger partial charge in [-0.05, 0) is 5.56 Å². The van der Waals surface area contributed by atoms with Crippen molar-refractivity contribution in [3.63, 3.8) is 0 Å². The Morgan fingerprint density at radius 3 is 2.44 bits per heavy atom. The minimum atomic E-state index is -1.02. The largest absolute Gasteiger partial charge is 0.480 e. The molecule has 27 heavy (non-hydrogen) atoms. The van der Waals surface area contributed by atoms with E-state index in [9.17, 15) is 14.7 Å². The number of aliphatic carboxylic acids is 1. The van der Waals surface area contributed by atoms with Gasteiger partial charge in [-0.15, -0.1) is 0 Å². The monoisotopic (exact) mass is 416 g/mol. The number of hydrogen-bond donors (Lipinski definition) is 3. The molecule has 0 spiro atoms. The minimum Gasteiger partial charge on any atom is -0.480 e. The van der Waals surface area contributed by atoms with Crippen LogP contribution in [0.15, 0.2) is 30.3 Å². The van der Waals surface area contributed by atoms with Crippen LogP contribution in [0.3, 0.4) is 0 Å². The first-order valence-electron chi connectivity index (χ1n) is 8.54. The van der Waals surface area contributed by atoms with Crippen molar-refractivity contribution in [1.82, 2.24) is 10.6 Å². The average molecular weight is 417 g/mol. The molecule has 0 fully saturated rings. The Morgan fingerprint density at radius 1 is 1.11 bits per heavy atom. The molecule has 0 bridgehead atoms. The maximum Gasteiger partial charge on any atom is 0.327 e. The maximum absolute atomic E-state index is 11.9. The minimum absolute atomic E-state index is 0.0890. The molecule has 0 radical (unpaired) electrons. The molecule has 9 heteroatoms. The number of methoxy groups -OCH3 is 2. The smallest absolute Gasteiger partial charge is 0.327 e. The van der Waals surface area contributed by atoms with Gasteiger partial charge in [0.05, 0.1) is 6.54 Å². The van der Waals surface area contributed by atoms with E-state index < -0.39 is 12.0 Å². The second kappa shape index (κ2) is 14.8. The normalized spacial score (nSPS) is 12.1. The molecular weight excluding hydrogens is 388 g/mol. The van der Waals surface area contributed by atoms with Gasteiger partial charge < -0.3 is 25.2 Å². The molecule has 0 aliphatic carbocycles. The van der Waals surface area contributed by atoms with E-state index in [1.54, 1.807) is 26.0 Å². The molecule has 1 amide bonds. The van der Waals surface area contributed by atoms with Gasteiger partial charge in [0.1, 0.15) is 6.04 Å². The number of carbonyl (C=O) groups excluding carboxylic acids is 1. The van der Waals surface area contributed by atoms with Gasteiger partial charge in [-0.3, -0.25) is 4.79 Å². The van der Waals surface area contributed by atoms with Gasteiger partial charge in [0.2, 0.25) is 5.91 Å². The van der Waals surface area contributed by atoms with E-state index in [1.807, 2.05) is 30.3 Å². The fraction of sp³-hybridized carbons (Fsp3) is 0.556. The molecule has 0 heterocycles.